The first-order valence-electron chi connectivity index (χ1n) is 6.40. The number of benzene rings is 2. The Morgan fingerprint density at radius 2 is 1.86 bits per heavy atom. The smallest absolute Gasteiger partial charge is 0.307 e. The molecule has 0 radical (unpaired) electrons. The van der Waals surface area contributed by atoms with Crippen molar-refractivity contribution in [2.75, 3.05) is 0 Å². The Balaban J connectivity index is 2.11. The van der Waals surface area contributed by atoms with Gasteiger partial charge in [0, 0.05) is 4.90 Å². The van der Waals surface area contributed by atoms with Gasteiger partial charge in [0.25, 0.3) is 0 Å². The Bertz CT molecular complexity index is 680. The van der Waals surface area contributed by atoms with Crippen LogP contribution < -0.4 is 0 Å². The van der Waals surface area contributed by atoms with E-state index in [1.165, 1.54) is 12.1 Å². The van der Waals surface area contributed by atoms with E-state index in [-0.39, 0.29) is 12.2 Å². The number of hydrogen-bond acceptors (Lipinski definition) is 2. The molecule has 0 saturated carbocycles. The standard InChI is InChI=1S/C16H15FO3S/c1-11-8-14(17)5-4-13(11)10-21(20)15-6-2-12(3-7-15)9-16(18)19/h2-8H,9-10H2,1H3,(H,18,19). The fourth-order valence-corrected chi connectivity index (χ4v) is 3.19. The zero-order valence-corrected chi connectivity index (χ0v) is 12.3. The predicted molar refractivity (Wildman–Crippen MR) is 79.0 cm³/mol. The summed E-state index contributed by atoms with van der Waals surface area (Å²) < 4.78 is 25.3. The molecule has 0 aromatic heterocycles. The van der Waals surface area contributed by atoms with Crippen molar-refractivity contribution in [1.29, 1.82) is 0 Å². The number of carbonyl (C=O) groups is 1. The van der Waals surface area contributed by atoms with Gasteiger partial charge in [-0.05, 0) is 47.9 Å². The molecule has 0 amide bonds. The molecule has 0 saturated heterocycles. The van der Waals surface area contributed by atoms with Gasteiger partial charge < -0.3 is 5.11 Å². The molecule has 0 fully saturated rings. The third-order valence-electron chi connectivity index (χ3n) is 3.13. The van der Waals surface area contributed by atoms with Crippen molar-refractivity contribution in [1.82, 2.24) is 0 Å². The van der Waals surface area contributed by atoms with Gasteiger partial charge in [0.1, 0.15) is 5.82 Å². The van der Waals surface area contributed by atoms with Crippen LogP contribution in [0.15, 0.2) is 47.4 Å². The first-order valence-corrected chi connectivity index (χ1v) is 7.72. The van der Waals surface area contributed by atoms with Crippen LogP contribution in [0.25, 0.3) is 0 Å². The summed E-state index contributed by atoms with van der Waals surface area (Å²) in [7, 11) is -1.24. The third kappa shape index (κ3) is 4.23. The maximum atomic E-state index is 13.0. The molecule has 3 nitrogen and oxygen atoms in total. The zero-order chi connectivity index (χ0) is 15.4. The van der Waals surface area contributed by atoms with Crippen LogP contribution in [0.2, 0.25) is 0 Å². The van der Waals surface area contributed by atoms with E-state index in [1.807, 2.05) is 0 Å². The van der Waals surface area contributed by atoms with Crippen LogP contribution >= 0.6 is 0 Å². The monoisotopic (exact) mass is 306 g/mol. The Morgan fingerprint density at radius 1 is 1.19 bits per heavy atom. The summed E-state index contributed by atoms with van der Waals surface area (Å²) >= 11 is 0. The van der Waals surface area contributed by atoms with Gasteiger partial charge in [0.2, 0.25) is 0 Å². The summed E-state index contributed by atoms with van der Waals surface area (Å²) in [6.45, 7) is 1.78. The van der Waals surface area contributed by atoms with Gasteiger partial charge in [0.05, 0.1) is 23.0 Å². The first-order chi connectivity index (χ1) is 9.95. The van der Waals surface area contributed by atoms with Gasteiger partial charge in [-0.2, -0.15) is 0 Å². The number of hydrogen-bond donors (Lipinski definition) is 1. The summed E-state index contributed by atoms with van der Waals surface area (Å²) in [5.41, 5.74) is 2.27. The van der Waals surface area contributed by atoms with E-state index in [2.05, 4.69) is 0 Å². The summed E-state index contributed by atoms with van der Waals surface area (Å²) in [6.07, 6.45) is -0.0516. The van der Waals surface area contributed by atoms with Gasteiger partial charge in [0.15, 0.2) is 0 Å². The molecule has 110 valence electrons. The van der Waals surface area contributed by atoms with Crippen LogP contribution in [0.4, 0.5) is 4.39 Å². The van der Waals surface area contributed by atoms with Crippen molar-refractivity contribution in [2.45, 2.75) is 24.0 Å². The highest BCUT2D eigenvalue weighted by molar-refractivity contribution is 7.84. The topological polar surface area (TPSA) is 54.4 Å². The average Bonchev–Trinajstić information content (AvgIpc) is 2.42. The quantitative estimate of drug-likeness (QED) is 0.923. The summed E-state index contributed by atoms with van der Waals surface area (Å²) in [5, 5.41) is 8.70. The molecular formula is C16H15FO3S. The summed E-state index contributed by atoms with van der Waals surface area (Å²) in [5.74, 6) is -0.893. The molecule has 21 heavy (non-hydrogen) atoms. The van der Waals surface area contributed by atoms with Crippen molar-refractivity contribution in [3.8, 4) is 0 Å². The van der Waals surface area contributed by atoms with Crippen LogP contribution in [-0.4, -0.2) is 15.3 Å². The highest BCUT2D eigenvalue weighted by atomic mass is 32.2. The Labute approximate surface area is 124 Å². The summed E-state index contributed by atoms with van der Waals surface area (Å²) in [4.78, 5) is 11.2. The largest absolute Gasteiger partial charge is 0.481 e. The molecule has 0 spiro atoms. The molecule has 2 rings (SSSR count). The van der Waals surface area contributed by atoms with E-state index in [0.29, 0.717) is 16.2 Å². The average molecular weight is 306 g/mol. The maximum Gasteiger partial charge on any atom is 0.307 e. The van der Waals surface area contributed by atoms with E-state index < -0.39 is 16.8 Å². The third-order valence-corrected chi connectivity index (χ3v) is 4.50. The van der Waals surface area contributed by atoms with E-state index in [0.717, 1.165) is 11.1 Å². The number of rotatable bonds is 5. The number of halogens is 1. The molecule has 2 aromatic carbocycles. The Hall–Kier alpha value is -2.01. The number of aryl methyl sites for hydroxylation is 1. The zero-order valence-electron chi connectivity index (χ0n) is 11.5. The molecule has 1 unspecified atom stereocenters. The van der Waals surface area contributed by atoms with Crippen molar-refractivity contribution in [3.05, 3.63) is 65.0 Å². The Morgan fingerprint density at radius 3 is 2.43 bits per heavy atom. The highest BCUT2D eigenvalue weighted by Crippen LogP contribution is 2.17. The highest BCUT2D eigenvalue weighted by Gasteiger charge is 2.09. The molecule has 0 bridgehead atoms. The second-order valence-electron chi connectivity index (χ2n) is 4.78. The molecule has 0 aliphatic carbocycles. The minimum atomic E-state index is -1.24. The number of aliphatic carboxylic acids is 1. The van der Waals surface area contributed by atoms with E-state index in [4.69, 9.17) is 5.11 Å². The predicted octanol–water partition coefficient (Wildman–Crippen LogP) is 3.07. The van der Waals surface area contributed by atoms with Crippen LogP contribution in [0.1, 0.15) is 16.7 Å². The van der Waals surface area contributed by atoms with Crippen LogP contribution in [0, 0.1) is 12.7 Å². The van der Waals surface area contributed by atoms with Crippen molar-refractivity contribution >= 4 is 16.8 Å². The Kier molecular flexibility index (Phi) is 4.85. The number of carboxylic acids is 1. The molecule has 2 aromatic rings. The lowest BCUT2D eigenvalue weighted by Crippen LogP contribution is -2.02. The van der Waals surface area contributed by atoms with E-state index in [1.54, 1.807) is 37.3 Å². The van der Waals surface area contributed by atoms with Gasteiger partial charge >= 0.3 is 5.97 Å². The fraction of sp³-hybridized carbons (Fsp3) is 0.188. The van der Waals surface area contributed by atoms with Crippen LogP contribution in [0.3, 0.4) is 0 Å². The van der Waals surface area contributed by atoms with Gasteiger partial charge in [-0.15, -0.1) is 0 Å². The van der Waals surface area contributed by atoms with E-state index >= 15 is 0 Å². The second-order valence-corrected chi connectivity index (χ2v) is 6.23. The second kappa shape index (κ2) is 6.63. The number of carboxylic acid groups (broad SMARTS) is 1. The minimum Gasteiger partial charge on any atom is -0.481 e. The lowest BCUT2D eigenvalue weighted by Gasteiger charge is -2.07. The van der Waals surface area contributed by atoms with Gasteiger partial charge in [-0.1, -0.05) is 18.2 Å². The molecule has 1 N–H and O–H groups in total. The minimum absolute atomic E-state index is 0.0516. The van der Waals surface area contributed by atoms with Crippen LogP contribution in [-0.2, 0) is 27.8 Å². The lowest BCUT2D eigenvalue weighted by atomic mass is 10.1. The van der Waals surface area contributed by atoms with Crippen molar-refractivity contribution in [3.63, 3.8) is 0 Å². The maximum absolute atomic E-state index is 13.0. The van der Waals surface area contributed by atoms with Crippen molar-refractivity contribution < 1.29 is 18.5 Å². The normalized spacial score (nSPS) is 12.1. The van der Waals surface area contributed by atoms with Crippen molar-refractivity contribution in [2.24, 2.45) is 0 Å². The molecular weight excluding hydrogens is 291 g/mol. The molecule has 5 heteroatoms. The fourth-order valence-electron chi connectivity index (χ4n) is 1.98. The van der Waals surface area contributed by atoms with Gasteiger partial charge in [-0.3, -0.25) is 9.00 Å². The first kappa shape index (κ1) is 15.4. The van der Waals surface area contributed by atoms with Gasteiger partial charge in [-0.25, -0.2) is 4.39 Å². The molecule has 1 atom stereocenters. The van der Waals surface area contributed by atoms with Crippen LogP contribution in [0.5, 0.6) is 0 Å². The summed E-state index contributed by atoms with van der Waals surface area (Å²) in [6, 6.07) is 11.1. The SMILES string of the molecule is Cc1cc(F)ccc1CS(=O)c1ccc(CC(=O)O)cc1. The lowest BCUT2D eigenvalue weighted by molar-refractivity contribution is -0.136. The molecule has 0 heterocycles. The van der Waals surface area contributed by atoms with E-state index in [9.17, 15) is 13.4 Å². The molecule has 0 aliphatic heterocycles. The molecule has 0 aliphatic rings.